The summed E-state index contributed by atoms with van der Waals surface area (Å²) in [4.78, 5) is 24.1. The minimum absolute atomic E-state index is 0.0281. The van der Waals surface area contributed by atoms with E-state index in [0.29, 0.717) is 19.7 Å². The number of nitrogens with zero attached hydrogens (tertiary/aromatic N) is 1. The van der Waals surface area contributed by atoms with E-state index in [1.54, 1.807) is 7.11 Å². The van der Waals surface area contributed by atoms with Crippen LogP contribution in [0, 0.1) is 0 Å². The van der Waals surface area contributed by atoms with Crippen molar-refractivity contribution in [3.63, 3.8) is 0 Å². The van der Waals surface area contributed by atoms with E-state index in [2.05, 4.69) is 0 Å². The highest BCUT2D eigenvalue weighted by Crippen LogP contribution is 2.10. The van der Waals surface area contributed by atoms with Crippen LogP contribution in [0.5, 0.6) is 0 Å². The normalized spacial score (nSPS) is 10.2. The van der Waals surface area contributed by atoms with Crippen molar-refractivity contribution in [1.82, 2.24) is 4.90 Å². The summed E-state index contributed by atoms with van der Waals surface area (Å²) in [7, 11) is 1.55. The summed E-state index contributed by atoms with van der Waals surface area (Å²) in [5.41, 5.74) is -0.0313. The van der Waals surface area contributed by atoms with Crippen molar-refractivity contribution in [2.45, 2.75) is 6.92 Å². The van der Waals surface area contributed by atoms with E-state index in [9.17, 15) is 9.59 Å². The number of rotatable bonds is 6. The average molecular weight is 241 g/mol. The third-order valence-electron chi connectivity index (χ3n) is 2.29. The topological polar surface area (TPSA) is 80.0 Å². The number of furan rings is 1. The molecule has 1 aromatic rings. The van der Waals surface area contributed by atoms with Gasteiger partial charge in [0.2, 0.25) is 0 Å². The summed E-state index contributed by atoms with van der Waals surface area (Å²) < 4.78 is 9.82. The molecule has 0 fully saturated rings. The van der Waals surface area contributed by atoms with Crippen LogP contribution in [-0.4, -0.2) is 48.7 Å². The number of aromatic carboxylic acids is 1. The van der Waals surface area contributed by atoms with Crippen LogP contribution in [0.4, 0.5) is 0 Å². The van der Waals surface area contributed by atoms with Crippen molar-refractivity contribution in [2.24, 2.45) is 0 Å². The fourth-order valence-electron chi connectivity index (χ4n) is 1.32. The molecule has 0 radical (unpaired) electrons. The smallest absolute Gasteiger partial charge is 0.338 e. The molecule has 0 saturated heterocycles. The molecule has 1 heterocycles. The van der Waals surface area contributed by atoms with Gasteiger partial charge in [-0.2, -0.15) is 0 Å². The minimum Gasteiger partial charge on any atom is -0.478 e. The molecule has 1 amide bonds. The van der Waals surface area contributed by atoms with Gasteiger partial charge in [0, 0.05) is 26.3 Å². The van der Waals surface area contributed by atoms with E-state index < -0.39 is 5.97 Å². The van der Waals surface area contributed by atoms with E-state index in [1.165, 1.54) is 11.0 Å². The van der Waals surface area contributed by atoms with Crippen LogP contribution in [-0.2, 0) is 4.74 Å². The molecule has 17 heavy (non-hydrogen) atoms. The van der Waals surface area contributed by atoms with E-state index in [-0.39, 0.29) is 17.2 Å². The Kier molecular flexibility index (Phi) is 4.71. The first kappa shape index (κ1) is 13.2. The van der Waals surface area contributed by atoms with Crippen LogP contribution in [0.1, 0.15) is 27.8 Å². The number of amides is 1. The monoisotopic (exact) mass is 241 g/mol. The van der Waals surface area contributed by atoms with Gasteiger partial charge in [-0.25, -0.2) is 4.79 Å². The van der Waals surface area contributed by atoms with Gasteiger partial charge < -0.3 is 19.2 Å². The van der Waals surface area contributed by atoms with Gasteiger partial charge in [-0.15, -0.1) is 0 Å². The molecule has 0 bridgehead atoms. The van der Waals surface area contributed by atoms with Crippen LogP contribution < -0.4 is 0 Å². The Labute approximate surface area is 98.8 Å². The van der Waals surface area contributed by atoms with Gasteiger partial charge in [0.1, 0.15) is 6.26 Å². The first-order valence-electron chi connectivity index (χ1n) is 5.20. The number of likely N-dealkylation sites (N-methyl/N-ethyl adjacent to an activating group) is 1. The number of carbonyl (C=O) groups is 2. The SMILES string of the molecule is CCN(CCOC)C(=O)c1cc(C(=O)O)co1. The summed E-state index contributed by atoms with van der Waals surface area (Å²) in [6, 6.07) is 1.22. The van der Waals surface area contributed by atoms with Crippen molar-refractivity contribution in [2.75, 3.05) is 26.8 Å². The molecule has 6 heteroatoms. The number of methoxy groups -OCH3 is 1. The maximum absolute atomic E-state index is 11.9. The molecule has 94 valence electrons. The molecular formula is C11H15NO5. The lowest BCUT2D eigenvalue weighted by atomic mass is 10.3. The third kappa shape index (κ3) is 3.32. The van der Waals surface area contributed by atoms with Crippen molar-refractivity contribution in [3.05, 3.63) is 23.7 Å². The highest BCUT2D eigenvalue weighted by molar-refractivity contribution is 5.95. The minimum atomic E-state index is -1.12. The van der Waals surface area contributed by atoms with Crippen LogP contribution in [0.15, 0.2) is 16.7 Å². The Hall–Kier alpha value is -1.82. The van der Waals surface area contributed by atoms with Crippen molar-refractivity contribution >= 4 is 11.9 Å². The standard InChI is InChI=1S/C11H15NO5/c1-3-12(4-5-16-2)10(13)9-6-8(7-17-9)11(14)15/h6-7H,3-5H2,1-2H3,(H,14,15). The Morgan fingerprint density at radius 3 is 2.71 bits per heavy atom. The number of carbonyl (C=O) groups excluding carboxylic acids is 1. The molecule has 0 atom stereocenters. The van der Waals surface area contributed by atoms with Gasteiger partial charge in [0.05, 0.1) is 12.2 Å². The van der Waals surface area contributed by atoms with Gasteiger partial charge in [0.25, 0.3) is 5.91 Å². The lowest BCUT2D eigenvalue weighted by Crippen LogP contribution is -2.33. The lowest BCUT2D eigenvalue weighted by molar-refractivity contribution is 0.0673. The highest BCUT2D eigenvalue weighted by Gasteiger charge is 2.19. The Bertz CT molecular complexity index is 398. The highest BCUT2D eigenvalue weighted by atomic mass is 16.5. The fourth-order valence-corrected chi connectivity index (χ4v) is 1.32. The molecular weight excluding hydrogens is 226 g/mol. The van der Waals surface area contributed by atoms with Crippen molar-refractivity contribution in [1.29, 1.82) is 0 Å². The molecule has 0 saturated carbocycles. The molecule has 1 aromatic heterocycles. The number of ether oxygens (including phenoxy) is 1. The molecule has 0 unspecified atom stereocenters. The summed E-state index contributed by atoms with van der Waals surface area (Å²) in [5, 5.41) is 8.71. The number of hydrogen-bond donors (Lipinski definition) is 1. The van der Waals surface area contributed by atoms with E-state index in [4.69, 9.17) is 14.3 Å². The first-order valence-corrected chi connectivity index (χ1v) is 5.20. The van der Waals surface area contributed by atoms with Crippen molar-refractivity contribution in [3.8, 4) is 0 Å². The molecule has 1 rings (SSSR count). The first-order chi connectivity index (χ1) is 8.10. The van der Waals surface area contributed by atoms with Gasteiger partial charge in [-0.3, -0.25) is 4.79 Å². The van der Waals surface area contributed by atoms with Gasteiger partial charge >= 0.3 is 5.97 Å². The van der Waals surface area contributed by atoms with Gasteiger partial charge in [0.15, 0.2) is 5.76 Å². The van der Waals surface area contributed by atoms with Crippen LogP contribution in [0.2, 0.25) is 0 Å². The Morgan fingerprint density at radius 1 is 1.53 bits per heavy atom. The van der Waals surface area contributed by atoms with Crippen LogP contribution >= 0.6 is 0 Å². The predicted molar refractivity (Wildman–Crippen MR) is 59.1 cm³/mol. The summed E-state index contributed by atoms with van der Waals surface area (Å²) in [6.07, 6.45) is 1.06. The maximum Gasteiger partial charge on any atom is 0.338 e. The summed E-state index contributed by atoms with van der Waals surface area (Å²) in [6.45, 7) is 3.20. The van der Waals surface area contributed by atoms with E-state index >= 15 is 0 Å². The fraction of sp³-hybridized carbons (Fsp3) is 0.455. The molecule has 0 aliphatic rings. The van der Waals surface area contributed by atoms with Gasteiger partial charge in [-0.1, -0.05) is 0 Å². The molecule has 1 N–H and O–H groups in total. The van der Waals surface area contributed by atoms with Crippen molar-refractivity contribution < 1.29 is 23.8 Å². The van der Waals surface area contributed by atoms with E-state index in [0.717, 1.165) is 6.26 Å². The predicted octanol–water partition coefficient (Wildman–Crippen LogP) is 1.09. The average Bonchev–Trinajstić information content (AvgIpc) is 2.79. The van der Waals surface area contributed by atoms with E-state index in [1.807, 2.05) is 6.92 Å². The molecule has 6 nitrogen and oxygen atoms in total. The molecule has 0 spiro atoms. The number of carboxylic acids is 1. The zero-order chi connectivity index (χ0) is 12.8. The second-order valence-corrected chi connectivity index (χ2v) is 3.38. The van der Waals surface area contributed by atoms with Gasteiger partial charge in [-0.05, 0) is 6.92 Å². The molecule has 0 aliphatic heterocycles. The van der Waals surface area contributed by atoms with Crippen LogP contribution in [0.3, 0.4) is 0 Å². The summed E-state index contributed by atoms with van der Waals surface area (Å²) >= 11 is 0. The third-order valence-corrected chi connectivity index (χ3v) is 2.29. The number of carboxylic acid groups (broad SMARTS) is 1. The zero-order valence-electron chi connectivity index (χ0n) is 9.80. The molecule has 0 aromatic carbocycles. The second kappa shape index (κ2) is 6.05. The Morgan fingerprint density at radius 2 is 2.24 bits per heavy atom. The Balaban J connectivity index is 2.75. The maximum atomic E-state index is 11.9. The molecule has 0 aliphatic carbocycles. The number of hydrogen-bond acceptors (Lipinski definition) is 4. The quantitative estimate of drug-likeness (QED) is 0.806. The zero-order valence-corrected chi connectivity index (χ0v) is 9.80. The van der Waals surface area contributed by atoms with Crippen LogP contribution in [0.25, 0.3) is 0 Å². The summed E-state index contributed by atoms with van der Waals surface area (Å²) in [5.74, 6) is -1.43. The second-order valence-electron chi connectivity index (χ2n) is 3.38. The largest absolute Gasteiger partial charge is 0.478 e. The lowest BCUT2D eigenvalue weighted by Gasteiger charge is -2.18.